The van der Waals surface area contributed by atoms with Gasteiger partial charge in [0.2, 0.25) is 0 Å². The summed E-state index contributed by atoms with van der Waals surface area (Å²) in [7, 11) is 0. The van der Waals surface area contributed by atoms with E-state index in [0.29, 0.717) is 18.4 Å². The lowest BCUT2D eigenvalue weighted by Gasteiger charge is -2.20. The number of rotatable bonds is 4. The molecule has 4 rings (SSSR count). The van der Waals surface area contributed by atoms with Gasteiger partial charge in [0.25, 0.3) is 0 Å². The van der Waals surface area contributed by atoms with Gasteiger partial charge < -0.3 is 14.4 Å². The Morgan fingerprint density at radius 2 is 1.52 bits per heavy atom. The van der Waals surface area contributed by atoms with Crippen molar-refractivity contribution in [3.8, 4) is 5.75 Å². The summed E-state index contributed by atoms with van der Waals surface area (Å²) >= 11 is 0. The maximum atomic E-state index is 12.3. The van der Waals surface area contributed by atoms with Crippen molar-refractivity contribution >= 4 is 6.09 Å². The molecule has 1 amide bonds. The van der Waals surface area contributed by atoms with Crippen molar-refractivity contribution in [1.82, 2.24) is 4.90 Å². The second-order valence-electron chi connectivity index (χ2n) is 6.99. The second kappa shape index (κ2) is 7.18. The van der Waals surface area contributed by atoms with E-state index < -0.39 is 0 Å². The standard InChI is InChI=1S/C21H23NO3/c23-21(24-15-16-7-3-1-4-8-16)22-13-17-11-20(12-18(17)14-22)25-19-9-5-2-6-10-19/h1-10,17-18,20H,11-15H2/t17-,18?,20+/m0/s1. The zero-order chi connectivity index (χ0) is 17.1. The maximum absolute atomic E-state index is 12.3. The molecule has 1 unspecified atom stereocenters. The Morgan fingerprint density at radius 1 is 0.920 bits per heavy atom. The highest BCUT2D eigenvalue weighted by atomic mass is 16.6. The fourth-order valence-corrected chi connectivity index (χ4v) is 3.99. The highest BCUT2D eigenvalue weighted by Crippen LogP contribution is 2.39. The predicted molar refractivity (Wildman–Crippen MR) is 95.3 cm³/mol. The molecule has 1 aliphatic heterocycles. The summed E-state index contributed by atoms with van der Waals surface area (Å²) in [6.07, 6.45) is 2.10. The molecular formula is C21H23NO3. The number of hydrogen-bond donors (Lipinski definition) is 0. The molecule has 2 aliphatic rings. The minimum atomic E-state index is -0.196. The third-order valence-corrected chi connectivity index (χ3v) is 5.22. The number of likely N-dealkylation sites (tertiary alicyclic amines) is 1. The van der Waals surface area contributed by atoms with Crippen molar-refractivity contribution < 1.29 is 14.3 Å². The Labute approximate surface area is 148 Å². The van der Waals surface area contributed by atoms with Crippen LogP contribution < -0.4 is 4.74 Å². The molecule has 2 aromatic rings. The van der Waals surface area contributed by atoms with Gasteiger partial charge in [-0.05, 0) is 42.4 Å². The van der Waals surface area contributed by atoms with Crippen LogP contribution in [0.15, 0.2) is 60.7 Å². The van der Waals surface area contributed by atoms with Crippen molar-refractivity contribution in [2.45, 2.75) is 25.6 Å². The fourth-order valence-electron chi connectivity index (χ4n) is 3.99. The van der Waals surface area contributed by atoms with Gasteiger partial charge in [-0.2, -0.15) is 0 Å². The molecule has 0 spiro atoms. The number of fused-ring (bicyclic) bond motifs is 1. The van der Waals surface area contributed by atoms with Gasteiger partial charge in [0, 0.05) is 13.1 Å². The molecule has 2 fully saturated rings. The molecule has 130 valence electrons. The molecule has 0 N–H and O–H groups in total. The van der Waals surface area contributed by atoms with Gasteiger partial charge in [-0.25, -0.2) is 4.79 Å². The predicted octanol–water partition coefficient (Wildman–Crippen LogP) is 4.11. The first-order chi connectivity index (χ1) is 12.3. The van der Waals surface area contributed by atoms with Crippen molar-refractivity contribution in [2.75, 3.05) is 13.1 Å². The van der Waals surface area contributed by atoms with Crippen LogP contribution in [0.3, 0.4) is 0 Å². The van der Waals surface area contributed by atoms with Crippen LogP contribution in [0.25, 0.3) is 0 Å². The molecule has 0 aromatic heterocycles. The second-order valence-corrected chi connectivity index (χ2v) is 6.99. The van der Waals surface area contributed by atoms with Gasteiger partial charge in [-0.3, -0.25) is 0 Å². The number of carbonyl (C=O) groups excluding carboxylic acids is 1. The zero-order valence-electron chi connectivity index (χ0n) is 14.2. The van der Waals surface area contributed by atoms with E-state index in [0.717, 1.165) is 37.2 Å². The Hall–Kier alpha value is -2.49. The summed E-state index contributed by atoms with van der Waals surface area (Å²) in [6, 6.07) is 19.8. The number of ether oxygens (including phenoxy) is 2. The van der Waals surface area contributed by atoms with Gasteiger partial charge in [-0.15, -0.1) is 0 Å². The summed E-state index contributed by atoms with van der Waals surface area (Å²) in [5.74, 6) is 1.99. The Kier molecular flexibility index (Phi) is 4.59. The van der Waals surface area contributed by atoms with Gasteiger partial charge in [-0.1, -0.05) is 48.5 Å². The summed E-state index contributed by atoms with van der Waals surface area (Å²) in [4.78, 5) is 14.2. The number of benzene rings is 2. The molecule has 2 aromatic carbocycles. The SMILES string of the molecule is O=C(OCc1ccccc1)N1CC2C[C@H](Oc3ccccc3)C[C@H]2C1. The molecule has 1 heterocycles. The average molecular weight is 337 g/mol. The first-order valence-electron chi connectivity index (χ1n) is 8.95. The minimum absolute atomic E-state index is 0.196. The van der Waals surface area contributed by atoms with E-state index in [1.807, 2.05) is 65.6 Å². The molecule has 1 saturated heterocycles. The summed E-state index contributed by atoms with van der Waals surface area (Å²) in [5.41, 5.74) is 1.02. The van der Waals surface area contributed by atoms with Crippen molar-refractivity contribution in [3.05, 3.63) is 66.2 Å². The van der Waals surface area contributed by atoms with Crippen molar-refractivity contribution in [3.63, 3.8) is 0 Å². The minimum Gasteiger partial charge on any atom is -0.490 e. The third-order valence-electron chi connectivity index (χ3n) is 5.22. The van der Waals surface area contributed by atoms with Gasteiger partial charge in [0.1, 0.15) is 12.4 Å². The highest BCUT2D eigenvalue weighted by molar-refractivity contribution is 5.68. The van der Waals surface area contributed by atoms with Crippen LogP contribution in [-0.2, 0) is 11.3 Å². The van der Waals surface area contributed by atoms with Crippen LogP contribution in [0.2, 0.25) is 0 Å². The Bertz CT molecular complexity index is 690. The normalized spacial score (nSPS) is 24.8. The fraction of sp³-hybridized carbons (Fsp3) is 0.381. The van der Waals surface area contributed by atoms with E-state index >= 15 is 0 Å². The molecule has 25 heavy (non-hydrogen) atoms. The van der Waals surface area contributed by atoms with Gasteiger partial charge in [0.15, 0.2) is 0 Å². The monoisotopic (exact) mass is 337 g/mol. The van der Waals surface area contributed by atoms with E-state index in [-0.39, 0.29) is 12.2 Å². The van der Waals surface area contributed by atoms with Gasteiger partial charge >= 0.3 is 6.09 Å². The highest BCUT2D eigenvalue weighted by Gasteiger charge is 2.43. The largest absolute Gasteiger partial charge is 0.490 e. The molecule has 4 heteroatoms. The Balaban J connectivity index is 1.25. The van der Waals surface area contributed by atoms with Crippen LogP contribution in [0.4, 0.5) is 4.79 Å². The molecule has 0 radical (unpaired) electrons. The first-order valence-corrected chi connectivity index (χ1v) is 8.95. The lowest BCUT2D eigenvalue weighted by atomic mass is 10.0. The molecule has 1 aliphatic carbocycles. The molecule has 1 saturated carbocycles. The van der Waals surface area contributed by atoms with E-state index in [1.165, 1.54) is 0 Å². The topological polar surface area (TPSA) is 38.8 Å². The van der Waals surface area contributed by atoms with Crippen molar-refractivity contribution in [1.29, 1.82) is 0 Å². The lowest BCUT2D eigenvalue weighted by molar-refractivity contribution is 0.0986. The van der Waals surface area contributed by atoms with E-state index in [1.54, 1.807) is 0 Å². The van der Waals surface area contributed by atoms with Crippen LogP contribution >= 0.6 is 0 Å². The summed E-state index contributed by atoms with van der Waals surface area (Å²) < 4.78 is 11.5. The van der Waals surface area contributed by atoms with Crippen LogP contribution in [-0.4, -0.2) is 30.2 Å². The number of hydrogen-bond acceptors (Lipinski definition) is 3. The van der Waals surface area contributed by atoms with Crippen LogP contribution in [0, 0.1) is 11.8 Å². The first kappa shape index (κ1) is 16.0. The molecular weight excluding hydrogens is 314 g/mol. The number of nitrogens with zero attached hydrogens (tertiary/aromatic N) is 1. The molecule has 4 nitrogen and oxygen atoms in total. The average Bonchev–Trinajstić information content (AvgIpc) is 3.20. The third kappa shape index (κ3) is 3.78. The molecule has 3 atom stereocenters. The number of carbonyl (C=O) groups is 1. The van der Waals surface area contributed by atoms with E-state index in [4.69, 9.17) is 9.47 Å². The number of amides is 1. The van der Waals surface area contributed by atoms with Gasteiger partial charge in [0.05, 0.1) is 6.10 Å². The van der Waals surface area contributed by atoms with E-state index in [2.05, 4.69) is 0 Å². The lowest BCUT2D eigenvalue weighted by Crippen LogP contribution is -2.31. The van der Waals surface area contributed by atoms with Crippen LogP contribution in [0.1, 0.15) is 18.4 Å². The number of para-hydroxylation sites is 1. The summed E-state index contributed by atoms with van der Waals surface area (Å²) in [6.45, 7) is 1.91. The van der Waals surface area contributed by atoms with Crippen molar-refractivity contribution in [2.24, 2.45) is 11.8 Å². The molecule has 0 bridgehead atoms. The smallest absolute Gasteiger partial charge is 0.410 e. The Morgan fingerprint density at radius 3 is 2.16 bits per heavy atom. The summed E-state index contributed by atoms with van der Waals surface area (Å²) in [5, 5.41) is 0. The maximum Gasteiger partial charge on any atom is 0.410 e. The van der Waals surface area contributed by atoms with Crippen LogP contribution in [0.5, 0.6) is 5.75 Å². The van der Waals surface area contributed by atoms with E-state index in [9.17, 15) is 4.79 Å². The quantitative estimate of drug-likeness (QED) is 0.843. The zero-order valence-corrected chi connectivity index (χ0v) is 14.2.